The summed E-state index contributed by atoms with van der Waals surface area (Å²) < 4.78 is 0. The van der Waals surface area contributed by atoms with Crippen molar-refractivity contribution >= 4 is 0 Å². The van der Waals surface area contributed by atoms with Gasteiger partial charge in [0.15, 0.2) is 0 Å². The highest BCUT2D eigenvalue weighted by molar-refractivity contribution is 4.68. The molecule has 0 aromatic heterocycles. The van der Waals surface area contributed by atoms with Crippen LogP contribution in [0.4, 0.5) is 0 Å². The van der Waals surface area contributed by atoms with Crippen molar-refractivity contribution < 1.29 is 0 Å². The molecule has 2 atom stereocenters. The van der Waals surface area contributed by atoms with E-state index in [1.165, 1.54) is 64.2 Å². The zero-order chi connectivity index (χ0) is 13.6. The summed E-state index contributed by atoms with van der Waals surface area (Å²) in [4.78, 5) is 0. The highest BCUT2D eigenvalue weighted by atomic mass is 14.7. The van der Waals surface area contributed by atoms with Crippen LogP contribution in [0.5, 0.6) is 0 Å². The minimum Gasteiger partial charge on any atom is -0.328 e. The normalized spacial score (nSPS) is 14.7. The highest BCUT2D eigenvalue weighted by Gasteiger charge is 2.07. The second kappa shape index (κ2) is 13.4. The molecule has 4 N–H and O–H groups in total. The summed E-state index contributed by atoms with van der Waals surface area (Å²) in [6.07, 6.45) is 15.2. The molecule has 0 radical (unpaired) electrons. The fourth-order valence-corrected chi connectivity index (χ4v) is 2.38. The Balaban J connectivity index is 3.32. The first-order valence-corrected chi connectivity index (χ1v) is 8.21. The third-order valence-electron chi connectivity index (χ3n) is 3.77. The lowest BCUT2D eigenvalue weighted by Gasteiger charge is -2.15. The zero-order valence-electron chi connectivity index (χ0n) is 12.8. The van der Waals surface area contributed by atoms with E-state index in [4.69, 9.17) is 11.5 Å². The first kappa shape index (κ1) is 17.9. The largest absolute Gasteiger partial charge is 0.328 e. The maximum atomic E-state index is 6.13. The third-order valence-corrected chi connectivity index (χ3v) is 3.77. The Kier molecular flexibility index (Phi) is 13.3. The summed E-state index contributed by atoms with van der Waals surface area (Å²) in [6, 6.07) is 0.757. The molecule has 0 rings (SSSR count). The maximum absolute atomic E-state index is 6.13. The molecule has 2 nitrogen and oxygen atoms in total. The standard InChI is InChI=1S/C16H36N2/c1-3-5-7-9-11-15(17)13-14-16(18)12-10-8-6-4-2/h15-16H,3-14,17-18H2,1-2H3. The molecule has 0 aromatic rings. The van der Waals surface area contributed by atoms with E-state index in [2.05, 4.69) is 13.8 Å². The number of nitrogens with two attached hydrogens (primary N) is 2. The van der Waals surface area contributed by atoms with Gasteiger partial charge in [0.05, 0.1) is 0 Å². The average molecular weight is 256 g/mol. The van der Waals surface area contributed by atoms with Gasteiger partial charge in [-0.1, -0.05) is 65.2 Å². The van der Waals surface area contributed by atoms with Gasteiger partial charge in [-0.2, -0.15) is 0 Å². The van der Waals surface area contributed by atoms with Crippen molar-refractivity contribution in [3.63, 3.8) is 0 Å². The SMILES string of the molecule is CCCCCCC(N)CCC(N)CCCCCC. The topological polar surface area (TPSA) is 52.0 Å². The van der Waals surface area contributed by atoms with Crippen LogP contribution in [0.1, 0.15) is 90.9 Å². The molecular weight excluding hydrogens is 220 g/mol. The van der Waals surface area contributed by atoms with E-state index in [0.717, 1.165) is 12.8 Å². The van der Waals surface area contributed by atoms with Crippen molar-refractivity contribution in [3.05, 3.63) is 0 Å². The fraction of sp³-hybridized carbons (Fsp3) is 1.00. The van der Waals surface area contributed by atoms with E-state index in [1.807, 2.05) is 0 Å². The zero-order valence-corrected chi connectivity index (χ0v) is 12.8. The molecule has 0 aliphatic rings. The molecule has 0 aliphatic carbocycles. The summed E-state index contributed by atoms with van der Waals surface area (Å²) in [6.45, 7) is 4.50. The predicted molar refractivity (Wildman–Crippen MR) is 82.7 cm³/mol. The van der Waals surface area contributed by atoms with Gasteiger partial charge in [0.1, 0.15) is 0 Å². The molecule has 0 saturated carbocycles. The van der Waals surface area contributed by atoms with Crippen molar-refractivity contribution in [2.45, 2.75) is 103 Å². The van der Waals surface area contributed by atoms with Gasteiger partial charge in [0.25, 0.3) is 0 Å². The van der Waals surface area contributed by atoms with Gasteiger partial charge in [-0.05, 0) is 25.7 Å². The molecule has 0 spiro atoms. The first-order valence-electron chi connectivity index (χ1n) is 8.21. The van der Waals surface area contributed by atoms with Crippen LogP contribution in [-0.4, -0.2) is 12.1 Å². The van der Waals surface area contributed by atoms with Crippen LogP contribution in [0.3, 0.4) is 0 Å². The number of hydrogen-bond donors (Lipinski definition) is 2. The van der Waals surface area contributed by atoms with Gasteiger partial charge < -0.3 is 11.5 Å². The molecular formula is C16H36N2. The van der Waals surface area contributed by atoms with Crippen molar-refractivity contribution in [1.29, 1.82) is 0 Å². The van der Waals surface area contributed by atoms with Gasteiger partial charge in [0, 0.05) is 12.1 Å². The van der Waals surface area contributed by atoms with Crippen LogP contribution in [0.2, 0.25) is 0 Å². The molecule has 18 heavy (non-hydrogen) atoms. The Morgan fingerprint density at radius 1 is 0.556 bits per heavy atom. The first-order chi connectivity index (χ1) is 8.70. The van der Waals surface area contributed by atoms with E-state index in [0.29, 0.717) is 12.1 Å². The molecule has 0 fully saturated rings. The van der Waals surface area contributed by atoms with Gasteiger partial charge >= 0.3 is 0 Å². The second-order valence-electron chi connectivity index (χ2n) is 5.80. The molecule has 0 aromatic carbocycles. The third kappa shape index (κ3) is 12.4. The van der Waals surface area contributed by atoms with Crippen LogP contribution in [0, 0.1) is 0 Å². The Hall–Kier alpha value is -0.0800. The highest BCUT2D eigenvalue weighted by Crippen LogP contribution is 2.12. The maximum Gasteiger partial charge on any atom is 0.00394 e. The van der Waals surface area contributed by atoms with Crippen LogP contribution in [0.15, 0.2) is 0 Å². The van der Waals surface area contributed by atoms with Crippen LogP contribution in [-0.2, 0) is 0 Å². The fourth-order valence-electron chi connectivity index (χ4n) is 2.38. The molecule has 0 heterocycles. The van der Waals surface area contributed by atoms with E-state index >= 15 is 0 Å². The Morgan fingerprint density at radius 2 is 0.944 bits per heavy atom. The minimum absolute atomic E-state index is 0.378. The van der Waals surface area contributed by atoms with Crippen LogP contribution in [0.25, 0.3) is 0 Å². The lowest BCUT2D eigenvalue weighted by atomic mass is 9.98. The smallest absolute Gasteiger partial charge is 0.00394 e. The summed E-state index contributed by atoms with van der Waals surface area (Å²) in [5.41, 5.74) is 12.3. The van der Waals surface area contributed by atoms with Crippen molar-refractivity contribution in [3.8, 4) is 0 Å². The number of unbranched alkanes of at least 4 members (excludes halogenated alkanes) is 6. The van der Waals surface area contributed by atoms with Crippen molar-refractivity contribution in [2.75, 3.05) is 0 Å². The van der Waals surface area contributed by atoms with Crippen molar-refractivity contribution in [1.82, 2.24) is 0 Å². The number of rotatable bonds is 13. The summed E-state index contributed by atoms with van der Waals surface area (Å²) in [5, 5.41) is 0. The second-order valence-corrected chi connectivity index (χ2v) is 5.80. The summed E-state index contributed by atoms with van der Waals surface area (Å²) >= 11 is 0. The molecule has 2 heteroatoms. The summed E-state index contributed by atoms with van der Waals surface area (Å²) in [5.74, 6) is 0. The minimum atomic E-state index is 0.378. The van der Waals surface area contributed by atoms with Crippen LogP contribution < -0.4 is 11.5 Å². The lowest BCUT2D eigenvalue weighted by Crippen LogP contribution is -2.26. The Labute approximate surface area is 115 Å². The van der Waals surface area contributed by atoms with E-state index in [-0.39, 0.29) is 0 Å². The van der Waals surface area contributed by atoms with Gasteiger partial charge in [-0.3, -0.25) is 0 Å². The van der Waals surface area contributed by atoms with E-state index < -0.39 is 0 Å². The summed E-state index contributed by atoms with van der Waals surface area (Å²) in [7, 11) is 0. The van der Waals surface area contributed by atoms with Crippen LogP contribution >= 0.6 is 0 Å². The molecule has 2 unspecified atom stereocenters. The Bertz CT molecular complexity index is 141. The molecule has 0 aliphatic heterocycles. The molecule has 0 bridgehead atoms. The predicted octanol–water partition coefficient (Wildman–Crippen LogP) is 4.36. The quantitative estimate of drug-likeness (QED) is 0.481. The van der Waals surface area contributed by atoms with E-state index in [9.17, 15) is 0 Å². The van der Waals surface area contributed by atoms with E-state index in [1.54, 1.807) is 0 Å². The Morgan fingerprint density at radius 3 is 1.28 bits per heavy atom. The molecule has 0 amide bonds. The lowest BCUT2D eigenvalue weighted by molar-refractivity contribution is 0.452. The van der Waals surface area contributed by atoms with Crippen molar-refractivity contribution in [2.24, 2.45) is 11.5 Å². The average Bonchev–Trinajstić information content (AvgIpc) is 2.37. The van der Waals surface area contributed by atoms with Gasteiger partial charge in [-0.15, -0.1) is 0 Å². The van der Waals surface area contributed by atoms with Gasteiger partial charge in [0.2, 0.25) is 0 Å². The monoisotopic (exact) mass is 256 g/mol. The van der Waals surface area contributed by atoms with Gasteiger partial charge in [-0.25, -0.2) is 0 Å². The number of hydrogen-bond acceptors (Lipinski definition) is 2. The molecule has 110 valence electrons. The molecule has 0 saturated heterocycles.